The smallest absolute Gasteiger partial charge is 0.220 e. The minimum atomic E-state index is -1.56. The van der Waals surface area contributed by atoms with E-state index in [2.05, 4.69) is 19.2 Å². The zero-order valence-electron chi connectivity index (χ0n) is 46.3. The van der Waals surface area contributed by atoms with Gasteiger partial charge < -0.3 is 40.3 Å². The van der Waals surface area contributed by atoms with Gasteiger partial charge in [0, 0.05) is 6.42 Å². The average Bonchev–Trinajstić information content (AvgIpc) is 3.36. The number of carbonyl (C=O) groups excluding carboxylic acids is 1. The van der Waals surface area contributed by atoms with Gasteiger partial charge in [0.25, 0.3) is 0 Å². The third-order valence-corrected chi connectivity index (χ3v) is 15.1. The first-order chi connectivity index (χ1) is 34.3. The molecule has 1 fully saturated rings. The Morgan fingerprint density at radius 2 is 0.786 bits per heavy atom. The van der Waals surface area contributed by atoms with Crippen molar-refractivity contribution in [2.75, 3.05) is 13.2 Å². The van der Waals surface area contributed by atoms with Crippen LogP contribution in [0.1, 0.15) is 316 Å². The number of aliphatic hydroxyl groups excluding tert-OH is 5. The molecule has 1 aliphatic heterocycles. The van der Waals surface area contributed by atoms with Crippen molar-refractivity contribution in [3.8, 4) is 0 Å². The van der Waals surface area contributed by atoms with E-state index in [1.54, 1.807) is 6.08 Å². The van der Waals surface area contributed by atoms with E-state index < -0.39 is 49.5 Å². The maximum atomic E-state index is 13.1. The molecule has 0 aromatic heterocycles. The standard InChI is InChI=1S/C61H119NO8/c1-3-5-7-9-11-13-15-17-19-21-22-23-24-25-26-27-28-29-30-31-32-33-35-37-39-41-43-45-47-49-51-57(65)62-54(53-69-61-60(68)59(67)58(66)56(52-63)70-61)55(64)50-48-46-44-42-40-38-36-34-20-18-16-14-12-10-8-6-4-2/h48,50,54-56,58-61,63-64,66-68H,3-47,49,51-53H2,1-2H3,(H,62,65)/b50-48+. The highest BCUT2D eigenvalue weighted by molar-refractivity contribution is 5.76. The Balaban J connectivity index is 2.13. The second kappa shape index (κ2) is 51.4. The van der Waals surface area contributed by atoms with E-state index in [1.807, 2.05) is 6.08 Å². The van der Waals surface area contributed by atoms with Crippen molar-refractivity contribution in [3.05, 3.63) is 12.2 Å². The van der Waals surface area contributed by atoms with E-state index in [4.69, 9.17) is 9.47 Å². The Kier molecular flexibility index (Phi) is 49.2. The van der Waals surface area contributed by atoms with Crippen LogP contribution in [0.15, 0.2) is 12.2 Å². The lowest BCUT2D eigenvalue weighted by atomic mass is 9.99. The molecule has 1 saturated heterocycles. The highest BCUT2D eigenvalue weighted by Gasteiger charge is 2.44. The van der Waals surface area contributed by atoms with Gasteiger partial charge >= 0.3 is 0 Å². The molecule has 0 spiro atoms. The van der Waals surface area contributed by atoms with E-state index in [1.165, 1.54) is 257 Å². The van der Waals surface area contributed by atoms with Gasteiger partial charge in [-0.2, -0.15) is 0 Å². The maximum absolute atomic E-state index is 13.1. The van der Waals surface area contributed by atoms with Crippen LogP contribution in [0.25, 0.3) is 0 Å². The number of amides is 1. The maximum Gasteiger partial charge on any atom is 0.220 e. The molecule has 416 valence electrons. The van der Waals surface area contributed by atoms with E-state index in [-0.39, 0.29) is 12.5 Å². The predicted octanol–water partition coefficient (Wildman–Crippen LogP) is 15.6. The first kappa shape index (κ1) is 66.9. The first-order valence-electron chi connectivity index (χ1n) is 30.9. The summed E-state index contributed by atoms with van der Waals surface area (Å²) >= 11 is 0. The number of rotatable bonds is 54. The zero-order valence-corrected chi connectivity index (χ0v) is 46.3. The van der Waals surface area contributed by atoms with Crippen molar-refractivity contribution in [1.82, 2.24) is 5.32 Å². The molecule has 7 unspecified atom stereocenters. The fourth-order valence-corrected chi connectivity index (χ4v) is 10.2. The summed E-state index contributed by atoms with van der Waals surface area (Å²) < 4.78 is 11.3. The quantitative estimate of drug-likeness (QED) is 0.0261. The van der Waals surface area contributed by atoms with Crippen molar-refractivity contribution in [2.24, 2.45) is 0 Å². The number of nitrogens with one attached hydrogen (secondary N) is 1. The summed E-state index contributed by atoms with van der Waals surface area (Å²) in [5.41, 5.74) is 0. The summed E-state index contributed by atoms with van der Waals surface area (Å²) in [7, 11) is 0. The second-order valence-corrected chi connectivity index (χ2v) is 21.9. The van der Waals surface area contributed by atoms with Crippen LogP contribution >= 0.6 is 0 Å². The van der Waals surface area contributed by atoms with Crippen molar-refractivity contribution >= 4 is 5.91 Å². The Morgan fingerprint density at radius 3 is 1.11 bits per heavy atom. The second-order valence-electron chi connectivity index (χ2n) is 21.9. The van der Waals surface area contributed by atoms with Crippen LogP contribution in [0.4, 0.5) is 0 Å². The van der Waals surface area contributed by atoms with Crippen LogP contribution in [0.3, 0.4) is 0 Å². The summed E-state index contributed by atoms with van der Waals surface area (Å²) in [6.07, 6.45) is 57.3. The van der Waals surface area contributed by atoms with Crippen molar-refractivity contribution in [2.45, 2.75) is 358 Å². The molecule has 1 rings (SSSR count). The Bertz CT molecular complexity index is 1110. The number of allylic oxidation sites excluding steroid dienone is 1. The summed E-state index contributed by atoms with van der Waals surface area (Å²) in [6.45, 7) is 3.82. The molecule has 1 heterocycles. The largest absolute Gasteiger partial charge is 0.394 e. The molecule has 1 amide bonds. The van der Waals surface area contributed by atoms with E-state index in [0.29, 0.717) is 6.42 Å². The molecule has 0 aliphatic carbocycles. The lowest BCUT2D eigenvalue weighted by Gasteiger charge is -2.40. The van der Waals surface area contributed by atoms with Gasteiger partial charge in [0.1, 0.15) is 24.4 Å². The van der Waals surface area contributed by atoms with Crippen molar-refractivity contribution < 1.29 is 39.8 Å². The average molecular weight is 995 g/mol. The lowest BCUT2D eigenvalue weighted by Crippen LogP contribution is -2.60. The van der Waals surface area contributed by atoms with E-state index in [9.17, 15) is 30.3 Å². The number of unbranched alkanes of at least 4 members (excludes halogenated alkanes) is 44. The SMILES string of the molecule is CCCCCCCCCCCCCCCCC/C=C/C(O)C(COC1OC(CO)C(O)C(O)C1O)NC(=O)CCCCCCCCCCCCCCCCCCCCCCCCCCCCCCCC. The van der Waals surface area contributed by atoms with Gasteiger partial charge in [0.2, 0.25) is 5.91 Å². The van der Waals surface area contributed by atoms with E-state index in [0.717, 1.165) is 38.5 Å². The zero-order chi connectivity index (χ0) is 50.8. The minimum Gasteiger partial charge on any atom is -0.394 e. The molecule has 70 heavy (non-hydrogen) atoms. The molecular weight excluding hydrogens is 875 g/mol. The molecule has 1 aliphatic rings. The molecule has 0 bridgehead atoms. The number of ether oxygens (including phenoxy) is 2. The Hall–Kier alpha value is -1.07. The molecule has 6 N–H and O–H groups in total. The predicted molar refractivity (Wildman–Crippen MR) is 295 cm³/mol. The monoisotopic (exact) mass is 994 g/mol. The van der Waals surface area contributed by atoms with Crippen molar-refractivity contribution in [1.29, 1.82) is 0 Å². The van der Waals surface area contributed by atoms with Gasteiger partial charge in [0.15, 0.2) is 6.29 Å². The highest BCUT2D eigenvalue weighted by atomic mass is 16.7. The van der Waals surface area contributed by atoms with Crippen LogP contribution in [0, 0.1) is 0 Å². The third-order valence-electron chi connectivity index (χ3n) is 15.1. The summed E-state index contributed by atoms with van der Waals surface area (Å²) in [6, 6.07) is -0.800. The molecule has 0 radical (unpaired) electrons. The van der Waals surface area contributed by atoms with Gasteiger partial charge in [-0.3, -0.25) is 4.79 Å². The molecule has 9 heteroatoms. The molecule has 9 nitrogen and oxygen atoms in total. The number of hydrogen-bond donors (Lipinski definition) is 6. The van der Waals surface area contributed by atoms with Crippen LogP contribution < -0.4 is 5.32 Å². The summed E-state index contributed by atoms with van der Waals surface area (Å²) in [5, 5.41) is 54.5. The first-order valence-corrected chi connectivity index (χ1v) is 30.9. The minimum absolute atomic E-state index is 0.169. The van der Waals surface area contributed by atoms with Crippen LogP contribution in [0.2, 0.25) is 0 Å². The van der Waals surface area contributed by atoms with Crippen LogP contribution in [-0.4, -0.2) is 87.5 Å². The molecule has 0 aromatic rings. The summed E-state index contributed by atoms with van der Waals surface area (Å²) in [4.78, 5) is 13.1. The Labute approximate surface area is 433 Å². The van der Waals surface area contributed by atoms with Gasteiger partial charge in [-0.25, -0.2) is 0 Å². The third kappa shape index (κ3) is 40.3. The number of aliphatic hydroxyl groups is 5. The molecule has 0 saturated carbocycles. The molecule has 7 atom stereocenters. The molecular formula is C61H119NO8. The van der Waals surface area contributed by atoms with E-state index >= 15 is 0 Å². The lowest BCUT2D eigenvalue weighted by molar-refractivity contribution is -0.302. The molecule has 0 aromatic carbocycles. The number of carbonyl (C=O) groups is 1. The van der Waals surface area contributed by atoms with Crippen LogP contribution in [0.5, 0.6) is 0 Å². The van der Waals surface area contributed by atoms with Gasteiger partial charge in [-0.15, -0.1) is 0 Å². The fourth-order valence-electron chi connectivity index (χ4n) is 10.2. The summed E-state index contributed by atoms with van der Waals surface area (Å²) in [5.74, 6) is -0.169. The highest BCUT2D eigenvalue weighted by Crippen LogP contribution is 2.23. The Morgan fingerprint density at radius 1 is 0.471 bits per heavy atom. The normalized spacial score (nSPS) is 19.3. The fraction of sp³-hybridized carbons (Fsp3) is 0.951. The van der Waals surface area contributed by atoms with Gasteiger partial charge in [-0.05, 0) is 19.3 Å². The topological polar surface area (TPSA) is 149 Å². The van der Waals surface area contributed by atoms with Gasteiger partial charge in [0.05, 0.1) is 25.4 Å². The number of hydrogen-bond acceptors (Lipinski definition) is 8. The van der Waals surface area contributed by atoms with Crippen molar-refractivity contribution in [3.63, 3.8) is 0 Å². The van der Waals surface area contributed by atoms with Crippen LogP contribution in [-0.2, 0) is 14.3 Å². The van der Waals surface area contributed by atoms with Gasteiger partial charge in [-0.1, -0.05) is 302 Å².